The third-order valence-electron chi connectivity index (χ3n) is 4.09. The van der Waals surface area contributed by atoms with Gasteiger partial charge in [-0.25, -0.2) is 9.97 Å². The molecule has 0 spiro atoms. The smallest absolute Gasteiger partial charge is 0.240 e. The number of rotatable bonds is 4. The molecule has 0 N–H and O–H groups in total. The SMILES string of the molecule is Cc1cc(-c2nnc3c4ccccc4c(OCc4ccncn4)nn23)no1. The zero-order chi connectivity index (χ0) is 18.2. The molecular weight excluding hydrogens is 346 g/mol. The molecule has 9 nitrogen and oxygen atoms in total. The van der Waals surface area contributed by atoms with Crippen molar-refractivity contribution in [2.45, 2.75) is 13.5 Å². The van der Waals surface area contributed by atoms with E-state index in [1.54, 1.807) is 22.8 Å². The van der Waals surface area contributed by atoms with Crippen LogP contribution in [0, 0.1) is 6.92 Å². The molecule has 0 aliphatic carbocycles. The zero-order valence-electron chi connectivity index (χ0n) is 14.3. The van der Waals surface area contributed by atoms with E-state index in [4.69, 9.17) is 9.26 Å². The van der Waals surface area contributed by atoms with Crippen molar-refractivity contribution in [3.63, 3.8) is 0 Å². The Labute approximate surface area is 152 Å². The number of aryl methyl sites for hydroxylation is 1. The van der Waals surface area contributed by atoms with Crippen LogP contribution < -0.4 is 4.74 Å². The highest BCUT2D eigenvalue weighted by Gasteiger charge is 2.18. The first-order valence-electron chi connectivity index (χ1n) is 8.25. The number of hydrogen-bond acceptors (Lipinski definition) is 8. The summed E-state index contributed by atoms with van der Waals surface area (Å²) in [6.45, 7) is 2.09. The minimum atomic E-state index is 0.269. The molecule has 0 unspecified atom stereocenters. The van der Waals surface area contributed by atoms with Gasteiger partial charge in [0.25, 0.3) is 0 Å². The Hall–Kier alpha value is -3.88. The zero-order valence-corrected chi connectivity index (χ0v) is 14.3. The van der Waals surface area contributed by atoms with Crippen LogP contribution in [0.2, 0.25) is 0 Å². The van der Waals surface area contributed by atoms with Gasteiger partial charge >= 0.3 is 0 Å². The van der Waals surface area contributed by atoms with E-state index >= 15 is 0 Å². The summed E-state index contributed by atoms with van der Waals surface area (Å²) in [5.74, 6) is 1.63. The van der Waals surface area contributed by atoms with E-state index in [-0.39, 0.29) is 6.61 Å². The lowest BCUT2D eigenvalue weighted by Gasteiger charge is -2.09. The van der Waals surface area contributed by atoms with Crippen molar-refractivity contribution in [3.8, 4) is 17.4 Å². The second kappa shape index (κ2) is 6.13. The normalized spacial score (nSPS) is 11.3. The summed E-state index contributed by atoms with van der Waals surface area (Å²) in [4.78, 5) is 8.09. The molecule has 9 heteroatoms. The minimum absolute atomic E-state index is 0.269. The average Bonchev–Trinajstić information content (AvgIpc) is 3.33. The number of benzene rings is 1. The Kier molecular flexibility index (Phi) is 3.49. The summed E-state index contributed by atoms with van der Waals surface area (Å²) in [6.07, 6.45) is 3.16. The predicted molar refractivity (Wildman–Crippen MR) is 94.9 cm³/mol. The Bertz CT molecular complexity index is 1250. The molecule has 27 heavy (non-hydrogen) atoms. The molecule has 0 bridgehead atoms. The number of aromatic nitrogens is 7. The van der Waals surface area contributed by atoms with Crippen molar-refractivity contribution in [3.05, 3.63) is 60.4 Å². The largest absolute Gasteiger partial charge is 0.470 e. The van der Waals surface area contributed by atoms with Gasteiger partial charge in [-0.2, -0.15) is 4.52 Å². The Morgan fingerprint density at radius 3 is 2.78 bits per heavy atom. The van der Waals surface area contributed by atoms with Crippen LogP contribution in [0.5, 0.6) is 5.88 Å². The van der Waals surface area contributed by atoms with Gasteiger partial charge in [0.2, 0.25) is 11.7 Å². The molecule has 0 aliphatic rings. The maximum atomic E-state index is 5.96. The number of fused-ring (bicyclic) bond motifs is 3. The van der Waals surface area contributed by atoms with E-state index in [0.717, 1.165) is 16.5 Å². The lowest BCUT2D eigenvalue weighted by Crippen LogP contribution is -2.04. The third-order valence-corrected chi connectivity index (χ3v) is 4.09. The van der Waals surface area contributed by atoms with Crippen molar-refractivity contribution in [2.24, 2.45) is 0 Å². The van der Waals surface area contributed by atoms with Gasteiger partial charge in [-0.15, -0.1) is 15.3 Å². The van der Waals surface area contributed by atoms with Crippen LogP contribution in [0.3, 0.4) is 0 Å². The average molecular weight is 359 g/mol. The first-order chi connectivity index (χ1) is 13.3. The second-order valence-corrected chi connectivity index (χ2v) is 5.92. The van der Waals surface area contributed by atoms with Crippen LogP contribution in [-0.2, 0) is 6.61 Å². The van der Waals surface area contributed by atoms with Gasteiger partial charge in [0, 0.05) is 23.0 Å². The standard InChI is InChI=1S/C18H13N7O2/c1-11-8-15(24-27-11)17-22-21-16-13-4-2-3-5-14(13)18(23-25(16)17)26-9-12-6-7-19-10-20-12/h2-8,10H,9H2,1H3. The molecule has 0 saturated carbocycles. The molecule has 4 aromatic heterocycles. The van der Waals surface area contributed by atoms with Crippen LogP contribution in [0.4, 0.5) is 0 Å². The molecule has 0 fully saturated rings. The number of nitrogens with zero attached hydrogens (tertiary/aromatic N) is 7. The summed E-state index contributed by atoms with van der Waals surface area (Å²) in [7, 11) is 0. The Morgan fingerprint density at radius 1 is 1.11 bits per heavy atom. The van der Waals surface area contributed by atoms with E-state index in [2.05, 4.69) is 30.4 Å². The molecule has 0 saturated heterocycles. The topological polar surface area (TPSA) is 104 Å². The van der Waals surface area contributed by atoms with Gasteiger partial charge in [0.05, 0.1) is 5.69 Å². The summed E-state index contributed by atoms with van der Waals surface area (Å²) in [6, 6.07) is 11.3. The summed E-state index contributed by atoms with van der Waals surface area (Å²) in [5, 5.41) is 18.9. The molecule has 0 amide bonds. The molecular formula is C18H13N7O2. The highest BCUT2D eigenvalue weighted by molar-refractivity contribution is 5.96. The molecule has 132 valence electrons. The van der Waals surface area contributed by atoms with E-state index < -0.39 is 0 Å². The highest BCUT2D eigenvalue weighted by Crippen LogP contribution is 2.29. The predicted octanol–water partition coefficient (Wildman–Crippen LogP) is 2.61. The molecule has 1 aromatic carbocycles. The summed E-state index contributed by atoms with van der Waals surface area (Å²) < 4.78 is 12.7. The maximum Gasteiger partial charge on any atom is 0.240 e. The lowest BCUT2D eigenvalue weighted by atomic mass is 10.2. The van der Waals surface area contributed by atoms with E-state index in [1.165, 1.54) is 6.33 Å². The van der Waals surface area contributed by atoms with E-state index in [9.17, 15) is 0 Å². The van der Waals surface area contributed by atoms with Crippen LogP contribution in [-0.4, -0.2) is 34.9 Å². The van der Waals surface area contributed by atoms with Gasteiger partial charge in [0.1, 0.15) is 18.7 Å². The van der Waals surface area contributed by atoms with Gasteiger partial charge in [-0.05, 0) is 19.1 Å². The van der Waals surface area contributed by atoms with Crippen molar-refractivity contribution in [2.75, 3.05) is 0 Å². The number of ether oxygens (including phenoxy) is 1. The quantitative estimate of drug-likeness (QED) is 0.482. The first kappa shape index (κ1) is 15.4. The molecule has 5 rings (SSSR count). The molecule has 4 heterocycles. The fourth-order valence-electron chi connectivity index (χ4n) is 2.84. The lowest BCUT2D eigenvalue weighted by molar-refractivity contribution is 0.289. The maximum absolute atomic E-state index is 5.96. The fraction of sp³-hybridized carbons (Fsp3) is 0.111. The highest BCUT2D eigenvalue weighted by atomic mass is 16.5. The molecule has 0 radical (unpaired) electrons. The van der Waals surface area contributed by atoms with Crippen LogP contribution in [0.25, 0.3) is 27.9 Å². The van der Waals surface area contributed by atoms with Crippen LogP contribution in [0.15, 0.2) is 53.4 Å². The Morgan fingerprint density at radius 2 is 2.00 bits per heavy atom. The number of hydrogen-bond donors (Lipinski definition) is 0. The van der Waals surface area contributed by atoms with Crippen molar-refractivity contribution in [1.82, 2.24) is 34.9 Å². The minimum Gasteiger partial charge on any atom is -0.470 e. The van der Waals surface area contributed by atoms with E-state index in [1.807, 2.05) is 31.2 Å². The summed E-state index contributed by atoms with van der Waals surface area (Å²) >= 11 is 0. The summed E-state index contributed by atoms with van der Waals surface area (Å²) in [5.41, 5.74) is 1.94. The Balaban J connectivity index is 1.66. The molecule has 5 aromatic rings. The second-order valence-electron chi connectivity index (χ2n) is 5.92. The van der Waals surface area contributed by atoms with Gasteiger partial charge in [-0.1, -0.05) is 23.4 Å². The third kappa shape index (κ3) is 2.65. The van der Waals surface area contributed by atoms with Crippen LogP contribution >= 0.6 is 0 Å². The first-order valence-corrected chi connectivity index (χ1v) is 8.25. The molecule has 0 aliphatic heterocycles. The van der Waals surface area contributed by atoms with Crippen molar-refractivity contribution in [1.29, 1.82) is 0 Å². The molecule has 0 atom stereocenters. The van der Waals surface area contributed by atoms with Crippen LogP contribution in [0.1, 0.15) is 11.5 Å². The van der Waals surface area contributed by atoms with Gasteiger partial charge in [-0.3, -0.25) is 0 Å². The van der Waals surface area contributed by atoms with Crippen molar-refractivity contribution < 1.29 is 9.26 Å². The van der Waals surface area contributed by atoms with Gasteiger partial charge in [0.15, 0.2) is 11.3 Å². The fourth-order valence-corrected chi connectivity index (χ4v) is 2.84. The van der Waals surface area contributed by atoms with Crippen molar-refractivity contribution >= 4 is 16.4 Å². The monoisotopic (exact) mass is 359 g/mol. The van der Waals surface area contributed by atoms with Gasteiger partial charge < -0.3 is 9.26 Å². The van der Waals surface area contributed by atoms with E-state index in [0.29, 0.717) is 28.8 Å².